The fourth-order valence-corrected chi connectivity index (χ4v) is 3.50. The number of carbonyl (C=O) groups excluding carboxylic acids is 1. The molecular weight excluding hydrogens is 383 g/mol. The van der Waals surface area contributed by atoms with Crippen LogP contribution in [0.5, 0.6) is 0 Å². The van der Waals surface area contributed by atoms with Gasteiger partial charge in [0.15, 0.2) is 0 Å². The number of nitrogens with zero attached hydrogens (tertiary/aromatic N) is 1. The van der Waals surface area contributed by atoms with E-state index >= 15 is 0 Å². The van der Waals surface area contributed by atoms with Gasteiger partial charge in [0, 0.05) is 32.0 Å². The third kappa shape index (κ3) is 6.52. The molecule has 25 heavy (non-hydrogen) atoms. The molecule has 1 fully saturated rings. The number of rotatable bonds is 4. The van der Waals surface area contributed by atoms with Crippen LogP contribution in [-0.2, 0) is 14.8 Å². The molecule has 1 aromatic carbocycles. The van der Waals surface area contributed by atoms with Gasteiger partial charge >= 0.3 is 0 Å². The van der Waals surface area contributed by atoms with Gasteiger partial charge in [-0.1, -0.05) is 35.2 Å². The molecule has 8 heteroatoms. The van der Waals surface area contributed by atoms with Crippen molar-refractivity contribution in [3.8, 4) is 11.8 Å². The molecule has 1 unspecified atom stereocenters. The molecule has 0 aromatic heterocycles. The molecule has 1 aliphatic heterocycles. The molecule has 5 nitrogen and oxygen atoms in total. The quantitative estimate of drug-likeness (QED) is 0.621. The zero-order valence-electron chi connectivity index (χ0n) is 13.9. The van der Waals surface area contributed by atoms with E-state index in [0.29, 0.717) is 29.6 Å². The van der Waals surface area contributed by atoms with Crippen molar-refractivity contribution in [2.45, 2.75) is 25.2 Å². The van der Waals surface area contributed by atoms with Crippen LogP contribution in [0.2, 0.25) is 10.0 Å². The molecule has 0 bridgehead atoms. The van der Waals surface area contributed by atoms with Crippen LogP contribution in [0.1, 0.15) is 30.7 Å². The monoisotopic (exact) mass is 402 g/mol. The average Bonchev–Trinajstić information content (AvgIpc) is 2.56. The van der Waals surface area contributed by atoms with E-state index in [4.69, 9.17) is 23.2 Å². The maximum absolute atomic E-state index is 12.2. The predicted molar refractivity (Wildman–Crippen MR) is 100 cm³/mol. The van der Waals surface area contributed by atoms with Crippen molar-refractivity contribution in [2.75, 3.05) is 25.9 Å². The summed E-state index contributed by atoms with van der Waals surface area (Å²) in [5.41, 5.74) is 1.07. The summed E-state index contributed by atoms with van der Waals surface area (Å²) in [7, 11) is -3.22. The van der Waals surface area contributed by atoms with Crippen LogP contribution in [-0.4, -0.2) is 45.1 Å². The lowest BCUT2D eigenvalue weighted by atomic mass is 9.90. The number of hydrogen-bond acceptors (Lipinski definition) is 3. The van der Waals surface area contributed by atoms with E-state index in [1.807, 2.05) is 12.1 Å². The lowest BCUT2D eigenvalue weighted by Gasteiger charge is -2.31. The topological polar surface area (TPSA) is 66.5 Å². The molecule has 1 N–H and O–H groups in total. The average molecular weight is 403 g/mol. The summed E-state index contributed by atoms with van der Waals surface area (Å²) in [4.78, 5) is 14.0. The first-order valence-corrected chi connectivity index (χ1v) is 10.6. The summed E-state index contributed by atoms with van der Waals surface area (Å²) in [5, 5.41) is 1.03. The van der Waals surface area contributed by atoms with Gasteiger partial charge in [-0.25, -0.2) is 13.1 Å². The van der Waals surface area contributed by atoms with E-state index in [-0.39, 0.29) is 18.4 Å². The molecule has 1 aliphatic rings. The van der Waals surface area contributed by atoms with Gasteiger partial charge in [0.2, 0.25) is 10.0 Å². The Morgan fingerprint density at radius 2 is 2.12 bits per heavy atom. The van der Waals surface area contributed by atoms with Crippen molar-refractivity contribution < 1.29 is 13.2 Å². The van der Waals surface area contributed by atoms with Crippen LogP contribution >= 0.6 is 23.2 Å². The van der Waals surface area contributed by atoms with Crippen LogP contribution in [0.4, 0.5) is 0 Å². The number of hydrogen-bond donors (Lipinski definition) is 1. The number of likely N-dealkylation sites (tertiary alicyclic amines) is 1. The van der Waals surface area contributed by atoms with Crippen molar-refractivity contribution in [1.82, 2.24) is 9.62 Å². The summed E-state index contributed by atoms with van der Waals surface area (Å²) < 4.78 is 24.2. The van der Waals surface area contributed by atoms with E-state index in [9.17, 15) is 13.2 Å². The van der Waals surface area contributed by atoms with Gasteiger partial charge in [0.25, 0.3) is 5.91 Å². The molecular formula is C17H20Cl2N2O3S. The molecule has 0 spiro atoms. The van der Waals surface area contributed by atoms with E-state index in [1.165, 1.54) is 0 Å². The molecule has 1 amide bonds. The SMILES string of the molecule is CS(=O)(=O)NCCC#CC(=O)N1CCCC(c2ccc(Cl)c(Cl)c2)C1. The zero-order chi connectivity index (χ0) is 18.4. The van der Waals surface area contributed by atoms with Gasteiger partial charge in [-0.05, 0) is 36.5 Å². The predicted octanol–water partition coefficient (Wildman–Crippen LogP) is 2.64. The standard InChI is InChI=1S/C17H20Cl2N2O3S/c1-25(23,24)20-9-3-2-6-17(22)21-10-4-5-14(12-21)13-7-8-15(18)16(19)11-13/h7-8,11,14,20H,3-5,9-10,12H2,1H3. The minimum atomic E-state index is -3.22. The number of halogens is 2. The van der Waals surface area contributed by atoms with Crippen LogP contribution in [0.15, 0.2) is 18.2 Å². The van der Waals surface area contributed by atoms with Crippen molar-refractivity contribution in [2.24, 2.45) is 0 Å². The van der Waals surface area contributed by atoms with Crippen LogP contribution in [0, 0.1) is 11.8 Å². The molecule has 1 saturated heterocycles. The van der Waals surface area contributed by atoms with Gasteiger partial charge in [-0.3, -0.25) is 4.79 Å². The third-order valence-electron chi connectivity index (χ3n) is 3.93. The Bertz CT molecular complexity index is 800. The van der Waals surface area contributed by atoms with Crippen LogP contribution in [0.25, 0.3) is 0 Å². The largest absolute Gasteiger partial charge is 0.331 e. The Morgan fingerprint density at radius 1 is 1.36 bits per heavy atom. The highest BCUT2D eigenvalue weighted by molar-refractivity contribution is 7.88. The molecule has 2 rings (SSSR count). The number of benzene rings is 1. The van der Waals surface area contributed by atoms with Gasteiger partial charge in [-0.15, -0.1) is 0 Å². The summed E-state index contributed by atoms with van der Waals surface area (Å²) in [6.07, 6.45) is 3.26. The summed E-state index contributed by atoms with van der Waals surface area (Å²) in [6.45, 7) is 1.46. The second-order valence-corrected chi connectivity index (χ2v) is 8.63. The van der Waals surface area contributed by atoms with Crippen molar-refractivity contribution in [3.63, 3.8) is 0 Å². The van der Waals surface area contributed by atoms with Gasteiger partial charge < -0.3 is 4.90 Å². The Kier molecular flexibility index (Phi) is 7.14. The van der Waals surface area contributed by atoms with E-state index < -0.39 is 10.0 Å². The molecule has 0 radical (unpaired) electrons. The highest BCUT2D eigenvalue weighted by Gasteiger charge is 2.24. The molecule has 1 aromatic rings. The first kappa shape index (κ1) is 20.1. The van der Waals surface area contributed by atoms with Crippen molar-refractivity contribution in [1.29, 1.82) is 0 Å². The van der Waals surface area contributed by atoms with Crippen LogP contribution < -0.4 is 4.72 Å². The minimum Gasteiger partial charge on any atom is -0.331 e. The minimum absolute atomic E-state index is 0.199. The summed E-state index contributed by atoms with van der Waals surface area (Å²) in [6, 6.07) is 5.56. The van der Waals surface area contributed by atoms with Gasteiger partial charge in [0.1, 0.15) is 0 Å². The second-order valence-electron chi connectivity index (χ2n) is 5.98. The maximum Gasteiger partial charge on any atom is 0.298 e. The van der Waals surface area contributed by atoms with Gasteiger partial charge in [0.05, 0.1) is 16.3 Å². The van der Waals surface area contributed by atoms with E-state index in [2.05, 4.69) is 16.6 Å². The molecule has 0 saturated carbocycles. The lowest BCUT2D eigenvalue weighted by Crippen LogP contribution is -2.38. The highest BCUT2D eigenvalue weighted by atomic mass is 35.5. The summed E-state index contributed by atoms with van der Waals surface area (Å²) in [5.74, 6) is 5.28. The van der Waals surface area contributed by atoms with Crippen molar-refractivity contribution >= 4 is 39.1 Å². The lowest BCUT2D eigenvalue weighted by molar-refractivity contribution is -0.126. The fourth-order valence-electron chi connectivity index (χ4n) is 2.72. The number of piperidine rings is 1. The van der Waals surface area contributed by atoms with E-state index in [0.717, 1.165) is 24.7 Å². The van der Waals surface area contributed by atoms with Gasteiger partial charge in [-0.2, -0.15) is 0 Å². The Balaban J connectivity index is 1.92. The third-order valence-corrected chi connectivity index (χ3v) is 5.40. The Labute approximate surface area is 158 Å². The normalized spacial score (nSPS) is 17.7. The molecule has 1 heterocycles. The molecule has 1 atom stereocenters. The number of carbonyl (C=O) groups is 1. The molecule has 136 valence electrons. The fraction of sp³-hybridized carbons (Fsp3) is 0.471. The first-order valence-electron chi connectivity index (χ1n) is 7.93. The second kappa shape index (κ2) is 8.91. The number of nitrogens with one attached hydrogen (secondary N) is 1. The van der Waals surface area contributed by atoms with E-state index in [1.54, 1.807) is 11.0 Å². The molecule has 0 aliphatic carbocycles. The van der Waals surface area contributed by atoms with Crippen LogP contribution in [0.3, 0.4) is 0 Å². The first-order chi connectivity index (χ1) is 11.8. The Hall–Kier alpha value is -1.26. The maximum atomic E-state index is 12.2. The summed E-state index contributed by atoms with van der Waals surface area (Å²) >= 11 is 12.0. The highest BCUT2D eigenvalue weighted by Crippen LogP contribution is 2.31. The number of sulfonamides is 1. The zero-order valence-corrected chi connectivity index (χ0v) is 16.2. The van der Waals surface area contributed by atoms with Crippen molar-refractivity contribution in [3.05, 3.63) is 33.8 Å². The smallest absolute Gasteiger partial charge is 0.298 e. The number of amides is 1. The Morgan fingerprint density at radius 3 is 2.80 bits per heavy atom.